The molecular formula is C22H23FN4OS. The zero-order valence-electron chi connectivity index (χ0n) is 16.5. The molecule has 1 unspecified atom stereocenters. The number of likely N-dealkylation sites (tertiary alicyclic amines) is 1. The number of hydrogen-bond acceptors (Lipinski definition) is 4. The van der Waals surface area contributed by atoms with Crippen molar-refractivity contribution in [3.63, 3.8) is 0 Å². The van der Waals surface area contributed by atoms with E-state index in [1.807, 2.05) is 47.6 Å². The molecule has 4 rings (SSSR count). The summed E-state index contributed by atoms with van der Waals surface area (Å²) in [5, 5.41) is 8.88. The van der Waals surface area contributed by atoms with Crippen LogP contribution in [-0.2, 0) is 4.79 Å². The Kier molecular flexibility index (Phi) is 5.67. The van der Waals surface area contributed by atoms with Crippen molar-refractivity contribution in [3.05, 3.63) is 59.9 Å². The summed E-state index contributed by atoms with van der Waals surface area (Å²) in [6.45, 7) is 5.53. The lowest BCUT2D eigenvalue weighted by molar-refractivity contribution is -0.129. The van der Waals surface area contributed by atoms with Crippen molar-refractivity contribution < 1.29 is 9.18 Å². The number of rotatable bonds is 5. The monoisotopic (exact) mass is 410 g/mol. The maximum absolute atomic E-state index is 14.5. The maximum Gasteiger partial charge on any atom is 0.235 e. The molecule has 1 fully saturated rings. The Morgan fingerprint density at radius 3 is 2.45 bits per heavy atom. The van der Waals surface area contributed by atoms with Crippen LogP contribution in [0.25, 0.3) is 17.1 Å². The fourth-order valence-electron chi connectivity index (χ4n) is 3.49. The SMILES string of the molecule is Cc1ccc(-n2c(SC(C)C(=O)N3CCCC3)nnc2-c2ccccc2F)cc1. The molecule has 1 aliphatic heterocycles. The quantitative estimate of drug-likeness (QED) is 0.582. The van der Waals surface area contributed by atoms with Gasteiger partial charge >= 0.3 is 0 Å². The molecule has 0 bridgehead atoms. The third-order valence-corrected chi connectivity index (χ3v) is 6.12. The molecule has 5 nitrogen and oxygen atoms in total. The number of nitrogens with zero attached hydrogens (tertiary/aromatic N) is 4. The van der Waals surface area contributed by atoms with Crippen LogP contribution in [-0.4, -0.2) is 43.9 Å². The van der Waals surface area contributed by atoms with E-state index >= 15 is 0 Å². The van der Waals surface area contributed by atoms with E-state index < -0.39 is 0 Å². The smallest absolute Gasteiger partial charge is 0.235 e. The molecule has 150 valence electrons. The number of aromatic nitrogens is 3. The van der Waals surface area contributed by atoms with E-state index in [1.165, 1.54) is 17.8 Å². The summed E-state index contributed by atoms with van der Waals surface area (Å²) in [6.07, 6.45) is 2.11. The van der Waals surface area contributed by atoms with Crippen LogP contribution < -0.4 is 0 Å². The lowest BCUT2D eigenvalue weighted by Gasteiger charge is -2.20. The van der Waals surface area contributed by atoms with Crippen molar-refractivity contribution in [2.75, 3.05) is 13.1 Å². The highest BCUT2D eigenvalue weighted by molar-refractivity contribution is 8.00. The number of amides is 1. The Bertz CT molecular complexity index is 1010. The van der Waals surface area contributed by atoms with Crippen molar-refractivity contribution >= 4 is 17.7 Å². The van der Waals surface area contributed by atoms with Gasteiger partial charge < -0.3 is 4.90 Å². The highest BCUT2D eigenvalue weighted by atomic mass is 32.2. The van der Waals surface area contributed by atoms with Gasteiger partial charge in [-0.3, -0.25) is 9.36 Å². The first-order valence-corrected chi connectivity index (χ1v) is 10.7. The van der Waals surface area contributed by atoms with Gasteiger partial charge in [0.2, 0.25) is 5.91 Å². The number of carbonyl (C=O) groups is 1. The summed E-state index contributed by atoms with van der Waals surface area (Å²) >= 11 is 1.36. The summed E-state index contributed by atoms with van der Waals surface area (Å²) < 4.78 is 16.3. The van der Waals surface area contributed by atoms with Gasteiger partial charge in [-0.2, -0.15) is 0 Å². The Labute approximate surface area is 173 Å². The molecular weight excluding hydrogens is 387 g/mol. The fraction of sp³-hybridized carbons (Fsp3) is 0.318. The van der Waals surface area contributed by atoms with Crippen LogP contribution in [0.3, 0.4) is 0 Å². The Balaban J connectivity index is 1.73. The van der Waals surface area contributed by atoms with E-state index in [1.54, 1.807) is 18.2 Å². The van der Waals surface area contributed by atoms with Crippen LogP contribution in [0.1, 0.15) is 25.3 Å². The fourth-order valence-corrected chi connectivity index (χ4v) is 4.44. The maximum atomic E-state index is 14.5. The molecule has 0 spiro atoms. The second-order valence-electron chi connectivity index (χ2n) is 7.25. The standard InChI is InChI=1S/C22H23FN4OS/c1-15-9-11-17(12-10-15)27-20(18-7-3-4-8-19(18)23)24-25-22(27)29-16(2)21(28)26-13-5-6-14-26/h3-4,7-12,16H,5-6,13-14H2,1-2H3. The Morgan fingerprint density at radius 2 is 1.76 bits per heavy atom. The molecule has 0 aliphatic carbocycles. The third kappa shape index (κ3) is 4.05. The molecule has 1 aliphatic rings. The zero-order valence-corrected chi connectivity index (χ0v) is 17.3. The average molecular weight is 411 g/mol. The summed E-state index contributed by atoms with van der Waals surface area (Å²) in [7, 11) is 0. The first-order valence-electron chi connectivity index (χ1n) is 9.77. The van der Waals surface area contributed by atoms with Gasteiger partial charge in [0.1, 0.15) is 5.82 Å². The van der Waals surface area contributed by atoms with Crippen molar-refractivity contribution in [2.45, 2.75) is 37.1 Å². The first kappa shape index (κ1) is 19.6. The predicted octanol–water partition coefficient (Wildman–Crippen LogP) is 4.48. The van der Waals surface area contributed by atoms with Gasteiger partial charge in [0.15, 0.2) is 11.0 Å². The van der Waals surface area contributed by atoms with Crippen molar-refractivity contribution in [1.29, 1.82) is 0 Å². The van der Waals surface area contributed by atoms with Crippen LogP contribution in [0.5, 0.6) is 0 Å². The van der Waals surface area contributed by atoms with Crippen molar-refractivity contribution in [3.8, 4) is 17.1 Å². The second kappa shape index (κ2) is 8.37. The summed E-state index contributed by atoms with van der Waals surface area (Å²) in [6, 6.07) is 14.4. The van der Waals surface area contributed by atoms with Crippen LogP contribution in [0, 0.1) is 12.7 Å². The molecule has 1 atom stereocenters. The lowest BCUT2D eigenvalue weighted by Crippen LogP contribution is -2.34. The predicted molar refractivity (Wildman–Crippen MR) is 113 cm³/mol. The van der Waals surface area contributed by atoms with Gasteiger partial charge in [0.25, 0.3) is 0 Å². The van der Waals surface area contributed by atoms with Gasteiger partial charge in [-0.15, -0.1) is 10.2 Å². The molecule has 0 saturated carbocycles. The van der Waals surface area contributed by atoms with E-state index in [4.69, 9.17) is 0 Å². The number of halogens is 1. The minimum absolute atomic E-state index is 0.110. The highest BCUT2D eigenvalue weighted by Gasteiger charge is 2.27. The minimum Gasteiger partial charge on any atom is -0.342 e. The average Bonchev–Trinajstić information content (AvgIpc) is 3.39. The van der Waals surface area contributed by atoms with Crippen molar-refractivity contribution in [1.82, 2.24) is 19.7 Å². The van der Waals surface area contributed by atoms with E-state index in [0.717, 1.165) is 37.2 Å². The first-order chi connectivity index (χ1) is 14.0. The van der Waals surface area contributed by atoms with E-state index in [-0.39, 0.29) is 17.0 Å². The summed E-state index contributed by atoms with van der Waals surface area (Å²) in [5.41, 5.74) is 2.34. The summed E-state index contributed by atoms with van der Waals surface area (Å²) in [4.78, 5) is 14.7. The largest absolute Gasteiger partial charge is 0.342 e. The molecule has 2 heterocycles. The molecule has 1 saturated heterocycles. The number of aryl methyl sites for hydroxylation is 1. The lowest BCUT2D eigenvalue weighted by atomic mass is 10.2. The normalized spacial score (nSPS) is 14.9. The van der Waals surface area contributed by atoms with Gasteiger partial charge in [-0.1, -0.05) is 41.6 Å². The van der Waals surface area contributed by atoms with E-state index in [2.05, 4.69) is 10.2 Å². The van der Waals surface area contributed by atoms with E-state index in [9.17, 15) is 9.18 Å². The highest BCUT2D eigenvalue weighted by Crippen LogP contribution is 2.32. The van der Waals surface area contributed by atoms with Gasteiger partial charge in [-0.25, -0.2) is 4.39 Å². The van der Waals surface area contributed by atoms with Gasteiger partial charge in [0, 0.05) is 18.8 Å². The third-order valence-electron chi connectivity index (χ3n) is 5.09. The molecule has 0 N–H and O–H groups in total. The molecule has 2 aromatic carbocycles. The molecule has 1 amide bonds. The van der Waals surface area contributed by atoms with Gasteiger partial charge in [0.05, 0.1) is 10.8 Å². The molecule has 0 radical (unpaired) electrons. The number of thioether (sulfide) groups is 1. The molecule has 7 heteroatoms. The number of hydrogen-bond donors (Lipinski definition) is 0. The van der Waals surface area contributed by atoms with E-state index in [0.29, 0.717) is 16.5 Å². The Morgan fingerprint density at radius 1 is 1.07 bits per heavy atom. The minimum atomic E-state index is -0.356. The van der Waals surface area contributed by atoms with Gasteiger partial charge in [-0.05, 0) is 51.0 Å². The van der Waals surface area contributed by atoms with Crippen LogP contribution in [0.4, 0.5) is 4.39 Å². The number of benzene rings is 2. The van der Waals surface area contributed by atoms with Crippen molar-refractivity contribution in [2.24, 2.45) is 0 Å². The molecule has 3 aromatic rings. The zero-order chi connectivity index (χ0) is 20.4. The topological polar surface area (TPSA) is 51.0 Å². The molecule has 29 heavy (non-hydrogen) atoms. The van der Waals surface area contributed by atoms with Crippen LogP contribution >= 0.6 is 11.8 Å². The van der Waals surface area contributed by atoms with Crippen LogP contribution in [0.2, 0.25) is 0 Å². The summed E-state index contributed by atoms with van der Waals surface area (Å²) in [5.74, 6) is 0.180. The second-order valence-corrected chi connectivity index (χ2v) is 8.56. The number of carbonyl (C=O) groups excluding carboxylic acids is 1. The Hall–Kier alpha value is -2.67. The molecule has 1 aromatic heterocycles. The van der Waals surface area contributed by atoms with Crippen LogP contribution in [0.15, 0.2) is 53.7 Å².